The van der Waals surface area contributed by atoms with E-state index in [1.807, 2.05) is 0 Å². The average Bonchev–Trinajstić information content (AvgIpc) is 2.15. The Morgan fingerprint density at radius 2 is 1.94 bits per heavy atom. The highest BCUT2D eigenvalue weighted by Crippen LogP contribution is 2.28. The lowest BCUT2D eigenvalue weighted by atomic mass is 10.3. The van der Waals surface area contributed by atoms with Gasteiger partial charge in [0.05, 0.1) is 15.6 Å². The third-order valence-electron chi connectivity index (χ3n) is 1.82. The molecule has 0 bridgehead atoms. The van der Waals surface area contributed by atoms with Crippen molar-refractivity contribution in [3.63, 3.8) is 0 Å². The second-order valence-electron chi connectivity index (χ2n) is 3.04. The van der Waals surface area contributed by atoms with Gasteiger partial charge in [0.15, 0.2) is 9.84 Å². The Morgan fingerprint density at radius 1 is 1.35 bits per heavy atom. The van der Waals surface area contributed by atoms with Crippen LogP contribution in [-0.4, -0.2) is 23.9 Å². The number of nitrogens with zero attached hydrogens (tertiary/aromatic N) is 1. The van der Waals surface area contributed by atoms with E-state index in [0.717, 1.165) is 12.1 Å². The number of hydrogen-bond donors (Lipinski definition) is 0. The number of benzene rings is 1. The lowest BCUT2D eigenvalue weighted by Gasteiger charge is -2.05. The zero-order valence-corrected chi connectivity index (χ0v) is 11.2. The van der Waals surface area contributed by atoms with Gasteiger partial charge in [-0.05, 0) is 12.1 Å². The highest BCUT2D eigenvalue weighted by molar-refractivity contribution is 7.91. The lowest BCUT2D eigenvalue weighted by molar-refractivity contribution is -0.384. The van der Waals surface area contributed by atoms with E-state index < -0.39 is 31.0 Å². The minimum absolute atomic E-state index is 0.137. The third kappa shape index (κ3) is 3.70. The number of halogens is 3. The fourth-order valence-corrected chi connectivity index (χ4v) is 3.36. The summed E-state index contributed by atoms with van der Waals surface area (Å²) in [5.74, 6) is -0.519. The summed E-state index contributed by atoms with van der Waals surface area (Å²) in [6.07, 6.45) is 0. The third-order valence-corrected chi connectivity index (χ3v) is 4.56. The summed E-state index contributed by atoms with van der Waals surface area (Å²) in [5, 5.41) is 10.5. The predicted molar refractivity (Wildman–Crippen MR) is 65.7 cm³/mol. The van der Waals surface area contributed by atoms with Crippen molar-refractivity contribution in [2.24, 2.45) is 0 Å². The van der Waals surface area contributed by atoms with Crippen LogP contribution in [-0.2, 0) is 9.84 Å². The molecule has 17 heavy (non-hydrogen) atoms. The maximum atomic E-state index is 11.7. The summed E-state index contributed by atoms with van der Waals surface area (Å²) in [6.45, 7) is 0. The Bertz CT molecular complexity index is 544. The van der Waals surface area contributed by atoms with Crippen molar-refractivity contribution >= 4 is 50.3 Å². The van der Waals surface area contributed by atoms with Crippen LogP contribution in [0.25, 0.3) is 0 Å². The maximum absolute atomic E-state index is 11.7. The summed E-state index contributed by atoms with van der Waals surface area (Å²) in [7, 11) is -3.76. The molecule has 0 radical (unpaired) electrons. The van der Waals surface area contributed by atoms with E-state index in [9.17, 15) is 18.5 Å². The van der Waals surface area contributed by atoms with Crippen molar-refractivity contribution < 1.29 is 13.3 Å². The number of rotatable bonds is 4. The monoisotopic (exact) mass is 317 g/mol. The lowest BCUT2D eigenvalue weighted by Crippen LogP contribution is -2.12. The molecule has 0 saturated heterocycles. The molecule has 0 aliphatic carbocycles. The van der Waals surface area contributed by atoms with Gasteiger partial charge >= 0.3 is 0 Å². The molecular weight excluding hydrogens is 313 g/mol. The van der Waals surface area contributed by atoms with Gasteiger partial charge in [0.25, 0.3) is 5.69 Å². The zero-order chi connectivity index (χ0) is 13.2. The largest absolute Gasteiger partial charge is 0.289 e. The highest BCUT2D eigenvalue weighted by Gasteiger charge is 2.22. The predicted octanol–water partition coefficient (Wildman–Crippen LogP) is 2.83. The van der Waals surface area contributed by atoms with Gasteiger partial charge in [-0.15, -0.1) is 23.2 Å². The van der Waals surface area contributed by atoms with E-state index in [1.165, 1.54) is 6.07 Å². The first-order chi connectivity index (χ1) is 7.74. The molecule has 1 rings (SSSR count). The van der Waals surface area contributed by atoms with Crippen LogP contribution in [0.15, 0.2) is 23.1 Å². The van der Waals surface area contributed by atoms with Gasteiger partial charge in [0, 0.05) is 6.07 Å². The van der Waals surface area contributed by atoms with Crippen molar-refractivity contribution in [2.45, 2.75) is 9.73 Å². The van der Waals surface area contributed by atoms with Crippen LogP contribution in [0, 0.1) is 10.1 Å². The van der Waals surface area contributed by atoms with Gasteiger partial charge in [0.2, 0.25) is 0 Å². The number of nitro groups is 1. The molecule has 0 N–H and O–H groups in total. The number of nitro benzene ring substituents is 1. The molecule has 0 aliphatic heterocycles. The van der Waals surface area contributed by atoms with E-state index in [1.54, 1.807) is 0 Å². The number of sulfone groups is 1. The molecule has 0 fully saturated rings. The molecule has 0 saturated carbocycles. The molecule has 1 aromatic rings. The topological polar surface area (TPSA) is 77.3 Å². The van der Waals surface area contributed by atoms with Crippen LogP contribution in [0.5, 0.6) is 0 Å². The second kappa shape index (κ2) is 5.39. The number of alkyl halides is 2. The molecule has 0 spiro atoms. The van der Waals surface area contributed by atoms with Crippen LogP contribution < -0.4 is 0 Å². The zero-order valence-electron chi connectivity index (χ0n) is 8.14. The Hall–Kier alpha value is -0.560. The molecular formula is C8H6Cl3NO4S. The molecule has 0 aliphatic rings. The molecule has 0 atom stereocenters. The van der Waals surface area contributed by atoms with Crippen LogP contribution in [0.3, 0.4) is 0 Å². The van der Waals surface area contributed by atoms with Gasteiger partial charge in [-0.25, -0.2) is 8.42 Å². The average molecular weight is 319 g/mol. The van der Waals surface area contributed by atoms with E-state index in [4.69, 9.17) is 34.8 Å². The van der Waals surface area contributed by atoms with Crippen LogP contribution in [0.2, 0.25) is 5.02 Å². The summed E-state index contributed by atoms with van der Waals surface area (Å²) >= 11 is 16.3. The fraction of sp³-hybridized carbons (Fsp3) is 0.250. The summed E-state index contributed by atoms with van der Waals surface area (Å²) in [5.41, 5.74) is -0.478. The molecule has 0 amide bonds. The molecule has 0 heterocycles. The summed E-state index contributed by atoms with van der Waals surface area (Å²) < 4.78 is 23.4. The molecule has 5 nitrogen and oxygen atoms in total. The minimum atomic E-state index is -3.76. The summed E-state index contributed by atoms with van der Waals surface area (Å²) in [6, 6.07) is 3.19. The Labute approximate surface area is 112 Å². The van der Waals surface area contributed by atoms with E-state index in [0.29, 0.717) is 0 Å². The molecule has 1 aromatic carbocycles. The van der Waals surface area contributed by atoms with Crippen molar-refractivity contribution in [3.8, 4) is 0 Å². The van der Waals surface area contributed by atoms with E-state index >= 15 is 0 Å². The first kappa shape index (κ1) is 14.5. The first-order valence-corrected chi connectivity index (χ1v) is 7.09. The normalized spacial score (nSPS) is 11.8. The molecule has 9 heteroatoms. The van der Waals surface area contributed by atoms with Crippen LogP contribution in [0.1, 0.15) is 0 Å². The second-order valence-corrected chi connectivity index (χ2v) is 6.76. The molecule has 0 unspecified atom stereocenters. The van der Waals surface area contributed by atoms with Gasteiger partial charge in [0.1, 0.15) is 9.86 Å². The van der Waals surface area contributed by atoms with Crippen molar-refractivity contribution in [2.75, 3.05) is 5.75 Å². The van der Waals surface area contributed by atoms with Crippen LogP contribution >= 0.6 is 34.8 Å². The van der Waals surface area contributed by atoms with Crippen molar-refractivity contribution in [1.29, 1.82) is 0 Å². The van der Waals surface area contributed by atoms with Gasteiger partial charge in [-0.3, -0.25) is 10.1 Å². The maximum Gasteiger partial charge on any atom is 0.289 e. The van der Waals surface area contributed by atoms with E-state index in [-0.39, 0.29) is 9.92 Å². The SMILES string of the molecule is O=[N+]([O-])c1cc(S(=O)(=O)CC(Cl)Cl)ccc1Cl. The standard InChI is InChI=1S/C8H6Cl3NO4S/c9-6-2-1-5(3-7(6)12(13)14)17(15,16)4-8(10)11/h1-3,8H,4H2. The molecule has 94 valence electrons. The Balaban J connectivity index is 3.25. The van der Waals surface area contributed by atoms with Crippen LogP contribution in [0.4, 0.5) is 5.69 Å². The Kier molecular flexibility index (Phi) is 4.60. The highest BCUT2D eigenvalue weighted by atomic mass is 35.5. The fourth-order valence-electron chi connectivity index (χ4n) is 1.09. The van der Waals surface area contributed by atoms with E-state index in [2.05, 4.69) is 0 Å². The van der Waals surface area contributed by atoms with Gasteiger partial charge in [-0.1, -0.05) is 11.6 Å². The summed E-state index contributed by atoms with van der Waals surface area (Å²) in [4.78, 5) is 8.50. The number of hydrogen-bond acceptors (Lipinski definition) is 4. The Morgan fingerprint density at radius 3 is 2.41 bits per heavy atom. The van der Waals surface area contributed by atoms with Gasteiger partial charge in [-0.2, -0.15) is 0 Å². The van der Waals surface area contributed by atoms with Crippen molar-refractivity contribution in [3.05, 3.63) is 33.3 Å². The minimum Gasteiger partial charge on any atom is -0.258 e. The molecule has 0 aromatic heterocycles. The smallest absolute Gasteiger partial charge is 0.258 e. The van der Waals surface area contributed by atoms with Gasteiger partial charge < -0.3 is 0 Å². The van der Waals surface area contributed by atoms with Crippen molar-refractivity contribution in [1.82, 2.24) is 0 Å². The first-order valence-electron chi connectivity index (χ1n) is 4.19. The quantitative estimate of drug-likeness (QED) is 0.486.